The van der Waals surface area contributed by atoms with Crippen LogP contribution in [-0.2, 0) is 4.79 Å². The maximum Gasteiger partial charge on any atom is 0.253 e. The minimum atomic E-state index is -0.469. The van der Waals surface area contributed by atoms with Crippen LogP contribution in [0.3, 0.4) is 0 Å². The Morgan fingerprint density at radius 3 is 2.79 bits per heavy atom. The first-order valence-corrected chi connectivity index (χ1v) is 6.30. The van der Waals surface area contributed by atoms with E-state index in [4.69, 9.17) is 0 Å². The first-order chi connectivity index (χ1) is 9.11. The van der Waals surface area contributed by atoms with Crippen molar-refractivity contribution in [2.24, 2.45) is 0 Å². The van der Waals surface area contributed by atoms with Crippen LogP contribution >= 0.6 is 0 Å². The summed E-state index contributed by atoms with van der Waals surface area (Å²) in [5.41, 5.74) is 1.31. The van der Waals surface area contributed by atoms with Gasteiger partial charge in [0.15, 0.2) is 5.78 Å². The minimum Gasteiger partial charge on any atom is -0.342 e. The first kappa shape index (κ1) is 13.2. The third-order valence-electron chi connectivity index (χ3n) is 3.03. The van der Waals surface area contributed by atoms with Gasteiger partial charge in [0.25, 0.3) is 5.91 Å². The lowest BCUT2D eigenvalue weighted by Gasteiger charge is -2.11. The molecule has 0 bridgehead atoms. The maximum atomic E-state index is 12.0. The Kier molecular flexibility index (Phi) is 3.90. The van der Waals surface area contributed by atoms with Crippen LogP contribution in [0.5, 0.6) is 0 Å². The summed E-state index contributed by atoms with van der Waals surface area (Å²) in [7, 11) is 0. The molecule has 19 heavy (non-hydrogen) atoms. The molecule has 1 unspecified atom stereocenters. The molecule has 1 aromatic carbocycles. The molecule has 1 amide bonds. The minimum absolute atomic E-state index is 0.0158. The van der Waals surface area contributed by atoms with E-state index in [1.54, 1.807) is 19.9 Å². The monoisotopic (exact) mass is 256 g/mol. The number of hydrogen-bond acceptors (Lipinski definition) is 3. The van der Waals surface area contributed by atoms with Crippen molar-refractivity contribution in [3.8, 4) is 0 Å². The van der Waals surface area contributed by atoms with Crippen molar-refractivity contribution < 1.29 is 9.59 Å². The van der Waals surface area contributed by atoms with Crippen LogP contribution < -0.4 is 5.32 Å². The molecule has 1 atom stereocenters. The Balaban J connectivity index is 2.19. The Morgan fingerprint density at radius 1 is 1.32 bits per heavy atom. The van der Waals surface area contributed by atoms with Gasteiger partial charge in [-0.15, -0.1) is 0 Å². The standard InChI is InChI=1S/C15H16N2O2/c1-3-14(18)10(2)17-15(19)12-8-11-6-4-5-7-13(11)16-9-12/h4-10H,3H2,1-2H3,(H,17,19). The quantitative estimate of drug-likeness (QED) is 0.913. The lowest BCUT2D eigenvalue weighted by Crippen LogP contribution is -2.38. The molecule has 0 aliphatic carbocycles. The maximum absolute atomic E-state index is 12.0. The summed E-state index contributed by atoms with van der Waals surface area (Å²) < 4.78 is 0. The number of benzene rings is 1. The van der Waals surface area contributed by atoms with Gasteiger partial charge in [0.05, 0.1) is 17.1 Å². The third kappa shape index (κ3) is 2.96. The number of fused-ring (bicyclic) bond motifs is 1. The molecular weight excluding hydrogens is 240 g/mol. The Labute approximate surface area is 111 Å². The fraction of sp³-hybridized carbons (Fsp3) is 0.267. The molecule has 4 nitrogen and oxygen atoms in total. The molecule has 0 saturated heterocycles. The highest BCUT2D eigenvalue weighted by atomic mass is 16.2. The molecule has 0 aliphatic rings. The van der Waals surface area contributed by atoms with E-state index in [0.717, 1.165) is 10.9 Å². The number of Topliss-reactive ketones (excluding diaryl/α,β-unsaturated/α-hetero) is 1. The molecule has 0 aliphatic heterocycles. The molecule has 1 N–H and O–H groups in total. The summed E-state index contributed by atoms with van der Waals surface area (Å²) >= 11 is 0. The van der Waals surface area contributed by atoms with Gasteiger partial charge in [-0.05, 0) is 19.1 Å². The number of hydrogen-bond donors (Lipinski definition) is 1. The summed E-state index contributed by atoms with van der Waals surface area (Å²) in [4.78, 5) is 27.7. The van der Waals surface area contributed by atoms with Crippen molar-refractivity contribution in [2.75, 3.05) is 0 Å². The number of amides is 1. The predicted molar refractivity (Wildman–Crippen MR) is 74.0 cm³/mol. The predicted octanol–water partition coefficient (Wildman–Crippen LogP) is 2.33. The second-order valence-corrected chi connectivity index (χ2v) is 4.43. The van der Waals surface area contributed by atoms with Crippen molar-refractivity contribution in [3.05, 3.63) is 42.1 Å². The van der Waals surface area contributed by atoms with E-state index in [9.17, 15) is 9.59 Å². The average Bonchev–Trinajstić information content (AvgIpc) is 2.45. The fourth-order valence-corrected chi connectivity index (χ4v) is 1.86. The van der Waals surface area contributed by atoms with Crippen LogP contribution in [-0.4, -0.2) is 22.7 Å². The van der Waals surface area contributed by atoms with E-state index in [-0.39, 0.29) is 11.7 Å². The highest BCUT2D eigenvalue weighted by molar-refractivity contribution is 5.99. The number of rotatable bonds is 4. The summed E-state index contributed by atoms with van der Waals surface area (Å²) in [6.45, 7) is 3.47. The van der Waals surface area contributed by atoms with Gasteiger partial charge in [0.1, 0.15) is 0 Å². The van der Waals surface area contributed by atoms with Crippen LogP contribution in [0.1, 0.15) is 30.6 Å². The number of carbonyl (C=O) groups excluding carboxylic acids is 2. The first-order valence-electron chi connectivity index (χ1n) is 6.30. The highest BCUT2D eigenvalue weighted by Crippen LogP contribution is 2.12. The van der Waals surface area contributed by atoms with Gasteiger partial charge < -0.3 is 5.32 Å². The Hall–Kier alpha value is -2.23. The van der Waals surface area contributed by atoms with Crippen molar-refractivity contribution >= 4 is 22.6 Å². The van der Waals surface area contributed by atoms with Crippen LogP contribution in [0.2, 0.25) is 0 Å². The van der Waals surface area contributed by atoms with Crippen LogP contribution in [0.25, 0.3) is 10.9 Å². The van der Waals surface area contributed by atoms with E-state index in [0.29, 0.717) is 12.0 Å². The van der Waals surface area contributed by atoms with Gasteiger partial charge in [-0.2, -0.15) is 0 Å². The van der Waals surface area contributed by atoms with Gasteiger partial charge in [-0.25, -0.2) is 0 Å². The van der Waals surface area contributed by atoms with Gasteiger partial charge in [0, 0.05) is 18.0 Å². The van der Waals surface area contributed by atoms with Crippen molar-refractivity contribution in [1.82, 2.24) is 10.3 Å². The van der Waals surface area contributed by atoms with E-state index in [1.807, 2.05) is 24.3 Å². The number of nitrogens with zero attached hydrogens (tertiary/aromatic N) is 1. The summed E-state index contributed by atoms with van der Waals surface area (Å²) in [5, 5.41) is 3.59. The molecule has 1 aromatic heterocycles. The lowest BCUT2D eigenvalue weighted by molar-refractivity contribution is -0.120. The van der Waals surface area contributed by atoms with Crippen LogP contribution in [0.15, 0.2) is 36.5 Å². The van der Waals surface area contributed by atoms with E-state index >= 15 is 0 Å². The van der Waals surface area contributed by atoms with E-state index in [2.05, 4.69) is 10.3 Å². The number of aromatic nitrogens is 1. The molecule has 0 fully saturated rings. The normalized spacial score (nSPS) is 12.1. The topological polar surface area (TPSA) is 59.1 Å². The van der Waals surface area contributed by atoms with Gasteiger partial charge in [0.2, 0.25) is 0 Å². The summed E-state index contributed by atoms with van der Waals surface area (Å²) in [5.74, 6) is -0.255. The molecular formula is C15H16N2O2. The second-order valence-electron chi connectivity index (χ2n) is 4.43. The molecule has 0 spiro atoms. The van der Waals surface area contributed by atoms with Crippen molar-refractivity contribution in [1.29, 1.82) is 0 Å². The van der Waals surface area contributed by atoms with Crippen molar-refractivity contribution in [3.63, 3.8) is 0 Å². The average molecular weight is 256 g/mol. The molecule has 4 heteroatoms. The van der Waals surface area contributed by atoms with E-state index < -0.39 is 6.04 Å². The number of carbonyl (C=O) groups is 2. The third-order valence-corrected chi connectivity index (χ3v) is 3.03. The molecule has 2 aromatic rings. The van der Waals surface area contributed by atoms with Crippen LogP contribution in [0, 0.1) is 0 Å². The summed E-state index contributed by atoms with van der Waals surface area (Å²) in [6, 6.07) is 8.90. The fourth-order valence-electron chi connectivity index (χ4n) is 1.86. The molecule has 0 radical (unpaired) electrons. The Morgan fingerprint density at radius 2 is 2.05 bits per heavy atom. The number of nitrogens with one attached hydrogen (secondary N) is 1. The molecule has 2 rings (SSSR count). The molecule has 0 saturated carbocycles. The largest absolute Gasteiger partial charge is 0.342 e. The zero-order valence-electron chi connectivity index (χ0n) is 11.0. The van der Waals surface area contributed by atoms with Gasteiger partial charge in [-0.3, -0.25) is 14.6 Å². The zero-order valence-corrected chi connectivity index (χ0v) is 11.0. The number of para-hydroxylation sites is 1. The molecule has 98 valence electrons. The van der Waals surface area contributed by atoms with Gasteiger partial charge in [-0.1, -0.05) is 25.1 Å². The highest BCUT2D eigenvalue weighted by Gasteiger charge is 2.15. The lowest BCUT2D eigenvalue weighted by atomic mass is 10.1. The SMILES string of the molecule is CCC(=O)C(C)NC(=O)c1cnc2ccccc2c1. The number of pyridine rings is 1. The van der Waals surface area contributed by atoms with E-state index in [1.165, 1.54) is 6.20 Å². The second kappa shape index (κ2) is 5.61. The smallest absolute Gasteiger partial charge is 0.253 e. The van der Waals surface area contributed by atoms with Crippen molar-refractivity contribution in [2.45, 2.75) is 26.3 Å². The Bertz CT molecular complexity index is 622. The van der Waals surface area contributed by atoms with Crippen LogP contribution in [0.4, 0.5) is 0 Å². The van der Waals surface area contributed by atoms with Gasteiger partial charge >= 0.3 is 0 Å². The number of ketones is 1. The molecule has 1 heterocycles. The summed E-state index contributed by atoms with van der Waals surface area (Å²) in [6.07, 6.45) is 1.94. The zero-order chi connectivity index (χ0) is 13.8.